The Morgan fingerprint density at radius 1 is 0.952 bits per heavy atom. The predicted molar refractivity (Wildman–Crippen MR) is 173 cm³/mol. The van der Waals surface area contributed by atoms with Gasteiger partial charge in [-0.05, 0) is 61.8 Å². The van der Waals surface area contributed by atoms with Crippen molar-refractivity contribution >= 4 is 30.3 Å². The van der Waals surface area contributed by atoms with Crippen LogP contribution in [0.1, 0.15) is 78.3 Å². The number of carbonyl (C=O) groups excluding carboxylic acids is 1. The van der Waals surface area contributed by atoms with Crippen molar-refractivity contribution in [3.8, 4) is 0 Å². The van der Waals surface area contributed by atoms with E-state index in [1.54, 1.807) is 4.68 Å². The molecule has 0 fully saturated rings. The van der Waals surface area contributed by atoms with Crippen LogP contribution in [-0.2, 0) is 25.8 Å². The minimum Gasteiger partial charge on any atom is -0.352 e. The number of hydrogen-bond acceptors (Lipinski definition) is 5. The van der Waals surface area contributed by atoms with Crippen LogP contribution in [0.3, 0.4) is 0 Å². The zero-order chi connectivity index (χ0) is 28.5. The van der Waals surface area contributed by atoms with Gasteiger partial charge >= 0.3 is 0 Å². The lowest BCUT2D eigenvalue weighted by atomic mass is 10.1. The summed E-state index contributed by atoms with van der Waals surface area (Å²) in [6.07, 6.45) is 18.0. The molecule has 3 N–H and O–H groups in total. The van der Waals surface area contributed by atoms with Crippen LogP contribution in [0.4, 0.5) is 5.95 Å². The normalized spacial score (nSPS) is 11.0. The molecule has 0 saturated heterocycles. The third kappa shape index (κ3) is 11.5. The maximum atomic E-state index is 12.5. The second kappa shape index (κ2) is 18.5. The van der Waals surface area contributed by atoms with Gasteiger partial charge in [0.25, 0.3) is 5.91 Å². The molecule has 2 aromatic carbocycles. The van der Waals surface area contributed by atoms with E-state index in [1.165, 1.54) is 30.4 Å². The molecule has 2 aromatic heterocycles. The molecule has 0 atom stereocenters. The summed E-state index contributed by atoms with van der Waals surface area (Å²) in [7, 11) is 0. The van der Waals surface area contributed by atoms with Crippen molar-refractivity contribution in [2.24, 2.45) is 0 Å². The number of amides is 1. The number of hydrogen-bond donors (Lipinski definition) is 3. The molecule has 2 heterocycles. The molecular weight excluding hydrogens is 546 g/mol. The number of halogens is 1. The van der Waals surface area contributed by atoms with Gasteiger partial charge in [-0.3, -0.25) is 9.48 Å². The Bertz CT molecular complexity index is 1330. The average Bonchev–Trinajstić information content (AvgIpc) is 3.65. The summed E-state index contributed by atoms with van der Waals surface area (Å²) in [6, 6.07) is 18.2. The van der Waals surface area contributed by atoms with Crippen LogP contribution in [0, 0.1) is 0 Å². The Morgan fingerprint density at radius 2 is 1.74 bits per heavy atom. The van der Waals surface area contributed by atoms with Gasteiger partial charge in [0.05, 0.1) is 18.4 Å². The first-order valence-corrected chi connectivity index (χ1v) is 14.9. The lowest BCUT2D eigenvalue weighted by molar-refractivity contribution is 0.0952. The summed E-state index contributed by atoms with van der Waals surface area (Å²) < 4.78 is 1.81. The molecule has 0 aliphatic carbocycles. The number of H-pyrrole nitrogens is 1. The predicted octanol–water partition coefficient (Wildman–Crippen LogP) is 6.67. The van der Waals surface area contributed by atoms with Crippen molar-refractivity contribution in [3.63, 3.8) is 0 Å². The van der Waals surface area contributed by atoms with Gasteiger partial charge in [0, 0.05) is 30.5 Å². The summed E-state index contributed by atoms with van der Waals surface area (Å²) in [5.41, 5.74) is 5.32. The molecule has 4 rings (SSSR count). The van der Waals surface area contributed by atoms with Gasteiger partial charge in [0.2, 0.25) is 5.95 Å². The molecule has 0 radical (unpaired) electrons. The summed E-state index contributed by atoms with van der Waals surface area (Å²) >= 11 is 0. The molecule has 0 aliphatic rings. The Balaban J connectivity index is 0.00000484. The largest absolute Gasteiger partial charge is 0.352 e. The molecule has 4 aromatic rings. The van der Waals surface area contributed by atoms with E-state index in [9.17, 15) is 4.79 Å². The Kier molecular flexibility index (Phi) is 14.4. The van der Waals surface area contributed by atoms with Gasteiger partial charge in [-0.2, -0.15) is 0 Å². The average molecular weight is 590 g/mol. The first-order chi connectivity index (χ1) is 20.2. The number of benzene rings is 2. The number of unbranched alkanes of at least 4 members (excludes halogenated alkanes) is 4. The minimum absolute atomic E-state index is 0. The summed E-state index contributed by atoms with van der Waals surface area (Å²) in [5, 5.41) is 14.8. The van der Waals surface area contributed by atoms with Crippen LogP contribution in [0.5, 0.6) is 0 Å². The highest BCUT2D eigenvalue weighted by molar-refractivity contribution is 5.94. The minimum atomic E-state index is -0.0505. The Morgan fingerprint density at radius 3 is 2.55 bits per heavy atom. The van der Waals surface area contributed by atoms with Gasteiger partial charge in [-0.15, -0.1) is 17.5 Å². The first kappa shape index (κ1) is 32.6. The zero-order valence-electron chi connectivity index (χ0n) is 24.6. The third-order valence-electron chi connectivity index (χ3n) is 7.00. The van der Waals surface area contributed by atoms with Gasteiger partial charge in [-0.25, -0.2) is 4.98 Å². The van der Waals surface area contributed by atoms with Crippen molar-refractivity contribution < 1.29 is 4.79 Å². The third-order valence-corrected chi connectivity index (χ3v) is 7.00. The van der Waals surface area contributed by atoms with E-state index in [2.05, 4.69) is 74.3 Å². The van der Waals surface area contributed by atoms with Crippen molar-refractivity contribution in [1.82, 2.24) is 30.3 Å². The number of carbonyl (C=O) groups is 1. The fraction of sp³-hybridized carbons (Fsp3) is 0.394. The van der Waals surface area contributed by atoms with Crippen LogP contribution < -0.4 is 10.6 Å². The van der Waals surface area contributed by atoms with Crippen molar-refractivity contribution in [3.05, 3.63) is 101 Å². The smallest absolute Gasteiger partial charge is 0.251 e. The molecule has 9 heteroatoms. The fourth-order valence-electron chi connectivity index (χ4n) is 4.64. The van der Waals surface area contributed by atoms with E-state index in [0.717, 1.165) is 62.4 Å². The van der Waals surface area contributed by atoms with E-state index in [4.69, 9.17) is 0 Å². The van der Waals surface area contributed by atoms with Gasteiger partial charge in [-0.1, -0.05) is 86.0 Å². The molecular formula is C33H44ClN7O. The lowest BCUT2D eigenvalue weighted by Gasteiger charge is -2.06. The van der Waals surface area contributed by atoms with E-state index < -0.39 is 0 Å². The van der Waals surface area contributed by atoms with E-state index in [-0.39, 0.29) is 18.3 Å². The van der Waals surface area contributed by atoms with Gasteiger partial charge in [0.1, 0.15) is 0 Å². The van der Waals surface area contributed by atoms with Gasteiger partial charge < -0.3 is 15.6 Å². The molecule has 0 aliphatic heterocycles. The SMILES string of the molecule is CCCCCc1ccc(C(=O)NCCn2cc(CCCCCc3cnc(NC/C=C/c4ccccc4)[nH]3)nn2)cc1.Cl. The second-order valence-corrected chi connectivity index (χ2v) is 10.4. The Hall–Kier alpha value is -3.91. The van der Waals surface area contributed by atoms with E-state index >= 15 is 0 Å². The number of nitrogens with zero attached hydrogens (tertiary/aromatic N) is 4. The topological polar surface area (TPSA) is 101 Å². The van der Waals surface area contributed by atoms with E-state index in [1.807, 2.05) is 42.7 Å². The number of aromatic amines is 1. The lowest BCUT2D eigenvalue weighted by Crippen LogP contribution is -2.27. The Labute approximate surface area is 255 Å². The molecule has 42 heavy (non-hydrogen) atoms. The maximum Gasteiger partial charge on any atom is 0.251 e. The standard InChI is InChI=1S/C33H43N7O.ClH/c1-2-3-6-12-28-18-20-29(21-19-28)32(41)34-23-24-40-26-31(38-39-40)17-10-5-9-16-30-25-36-33(37-30)35-22-11-15-27-13-7-4-8-14-27;/h4,7-8,11,13-15,18-21,25-26H,2-3,5-6,9-10,12,16-17,22-24H2,1H3,(H,34,41)(H2,35,36,37);1H/b15-11+;. The molecule has 0 saturated carbocycles. The van der Waals surface area contributed by atoms with Crippen LogP contribution in [0.2, 0.25) is 0 Å². The monoisotopic (exact) mass is 589 g/mol. The number of imidazole rings is 1. The highest BCUT2D eigenvalue weighted by atomic mass is 35.5. The van der Waals surface area contributed by atoms with Crippen LogP contribution in [0.15, 0.2) is 73.1 Å². The van der Waals surface area contributed by atoms with E-state index in [0.29, 0.717) is 18.7 Å². The molecule has 0 unspecified atom stereocenters. The first-order valence-electron chi connectivity index (χ1n) is 14.9. The quantitative estimate of drug-likeness (QED) is 0.113. The fourth-order valence-corrected chi connectivity index (χ4v) is 4.64. The summed E-state index contributed by atoms with van der Waals surface area (Å²) in [4.78, 5) is 20.2. The molecule has 0 spiro atoms. The number of anilines is 1. The highest BCUT2D eigenvalue weighted by Gasteiger charge is 2.07. The van der Waals surface area contributed by atoms with Crippen LogP contribution >= 0.6 is 12.4 Å². The van der Waals surface area contributed by atoms with Crippen molar-refractivity contribution in [2.45, 2.75) is 71.3 Å². The van der Waals surface area contributed by atoms with Crippen molar-refractivity contribution in [2.75, 3.05) is 18.4 Å². The zero-order valence-corrected chi connectivity index (χ0v) is 25.4. The molecule has 8 nitrogen and oxygen atoms in total. The molecule has 1 amide bonds. The molecule has 0 bridgehead atoms. The molecule has 224 valence electrons. The number of aromatic nitrogens is 5. The highest BCUT2D eigenvalue weighted by Crippen LogP contribution is 2.11. The number of nitrogens with one attached hydrogen (secondary N) is 3. The van der Waals surface area contributed by atoms with Crippen LogP contribution in [0.25, 0.3) is 6.08 Å². The summed E-state index contributed by atoms with van der Waals surface area (Å²) in [5.74, 6) is 0.756. The number of rotatable bonds is 18. The second-order valence-electron chi connectivity index (χ2n) is 10.4. The summed E-state index contributed by atoms with van der Waals surface area (Å²) in [6.45, 7) is 4.05. The van der Waals surface area contributed by atoms with Gasteiger partial charge in [0.15, 0.2) is 0 Å². The number of aryl methyl sites for hydroxylation is 3. The van der Waals surface area contributed by atoms with Crippen molar-refractivity contribution in [1.29, 1.82) is 0 Å². The van der Waals surface area contributed by atoms with Crippen LogP contribution in [-0.4, -0.2) is 44.0 Å². The maximum absolute atomic E-state index is 12.5.